The fourth-order valence-electron chi connectivity index (χ4n) is 1.84. The van der Waals surface area contributed by atoms with Crippen LogP contribution in [0.5, 0.6) is 0 Å². The number of nitrogens with zero attached hydrogens (tertiary/aromatic N) is 2. The molecule has 17 heavy (non-hydrogen) atoms. The summed E-state index contributed by atoms with van der Waals surface area (Å²) in [4.78, 5) is 0. The molecule has 4 heteroatoms. The van der Waals surface area contributed by atoms with Crippen LogP contribution in [0, 0.1) is 0 Å². The second-order valence-electron chi connectivity index (χ2n) is 4.71. The fourth-order valence-corrected chi connectivity index (χ4v) is 1.84. The number of anilines is 1. The number of aliphatic hydroxyl groups is 1. The summed E-state index contributed by atoms with van der Waals surface area (Å²) in [5, 5.41) is 14.0. The van der Waals surface area contributed by atoms with Crippen LogP contribution in [0.3, 0.4) is 0 Å². The van der Waals surface area contributed by atoms with Crippen molar-refractivity contribution in [1.82, 2.24) is 9.78 Å². The molecule has 1 aromatic heterocycles. The summed E-state index contributed by atoms with van der Waals surface area (Å²) in [6, 6.07) is 7.70. The summed E-state index contributed by atoms with van der Waals surface area (Å²) in [6.45, 7) is 3.53. The highest BCUT2D eigenvalue weighted by Gasteiger charge is 2.16. The minimum absolute atomic E-state index is 0.656. The lowest BCUT2D eigenvalue weighted by molar-refractivity contribution is 0.0786. The van der Waals surface area contributed by atoms with Crippen molar-refractivity contribution in [1.29, 1.82) is 0 Å². The molecular weight excluding hydrogens is 214 g/mol. The molecule has 0 aliphatic heterocycles. The predicted molar refractivity (Wildman–Crippen MR) is 68.3 cm³/mol. The normalized spacial score (nSPS) is 11.8. The summed E-state index contributed by atoms with van der Waals surface area (Å²) in [5.74, 6) is 0. The molecule has 0 radical (unpaired) electrons. The first kappa shape index (κ1) is 11.7. The third-order valence-corrected chi connectivity index (χ3v) is 2.83. The molecule has 1 heterocycles. The van der Waals surface area contributed by atoms with Crippen molar-refractivity contribution in [3.05, 3.63) is 36.0 Å². The molecule has 0 bridgehead atoms. The van der Waals surface area contributed by atoms with E-state index in [0.717, 1.165) is 16.8 Å². The van der Waals surface area contributed by atoms with Gasteiger partial charge in [-0.2, -0.15) is 5.10 Å². The van der Waals surface area contributed by atoms with E-state index in [9.17, 15) is 5.11 Å². The molecule has 0 saturated carbocycles. The Morgan fingerprint density at radius 3 is 2.24 bits per heavy atom. The molecule has 0 saturated heterocycles. The zero-order valence-corrected chi connectivity index (χ0v) is 10.3. The van der Waals surface area contributed by atoms with Gasteiger partial charge in [-0.3, -0.25) is 4.68 Å². The molecule has 4 nitrogen and oxygen atoms in total. The van der Waals surface area contributed by atoms with Crippen molar-refractivity contribution in [2.75, 3.05) is 5.73 Å². The summed E-state index contributed by atoms with van der Waals surface area (Å²) in [5.41, 5.74) is 8.47. The van der Waals surface area contributed by atoms with Crippen molar-refractivity contribution in [2.24, 2.45) is 7.05 Å². The highest BCUT2D eigenvalue weighted by molar-refractivity contribution is 5.72. The van der Waals surface area contributed by atoms with E-state index < -0.39 is 5.60 Å². The molecule has 90 valence electrons. The largest absolute Gasteiger partial charge is 0.396 e. The van der Waals surface area contributed by atoms with Gasteiger partial charge in [-0.1, -0.05) is 24.3 Å². The molecule has 0 aliphatic carbocycles. The summed E-state index contributed by atoms with van der Waals surface area (Å²) >= 11 is 0. The first-order valence-electron chi connectivity index (χ1n) is 5.50. The predicted octanol–water partition coefficient (Wildman–Crippen LogP) is 1.90. The van der Waals surface area contributed by atoms with Gasteiger partial charge in [-0.15, -0.1) is 0 Å². The van der Waals surface area contributed by atoms with Crippen LogP contribution in [0.15, 0.2) is 30.5 Å². The molecule has 1 aromatic carbocycles. The van der Waals surface area contributed by atoms with Crippen molar-refractivity contribution in [3.8, 4) is 11.3 Å². The first-order valence-corrected chi connectivity index (χ1v) is 5.50. The lowest BCUT2D eigenvalue weighted by Crippen LogP contribution is -2.15. The molecule has 0 spiro atoms. The lowest BCUT2D eigenvalue weighted by atomic mass is 9.96. The lowest BCUT2D eigenvalue weighted by Gasteiger charge is -2.18. The SMILES string of the molecule is Cn1ncc(N)c1-c1ccc(C(C)(C)O)cc1. The van der Waals surface area contributed by atoms with Crippen LogP contribution in [-0.4, -0.2) is 14.9 Å². The van der Waals surface area contributed by atoms with Crippen molar-refractivity contribution in [3.63, 3.8) is 0 Å². The molecule has 0 atom stereocenters. The van der Waals surface area contributed by atoms with E-state index >= 15 is 0 Å². The maximum Gasteiger partial charge on any atom is 0.0908 e. The van der Waals surface area contributed by atoms with Crippen LogP contribution in [0.1, 0.15) is 19.4 Å². The monoisotopic (exact) mass is 231 g/mol. The summed E-state index contributed by atoms with van der Waals surface area (Å²) in [7, 11) is 1.86. The van der Waals surface area contributed by atoms with E-state index in [1.807, 2.05) is 31.3 Å². The van der Waals surface area contributed by atoms with Crippen LogP contribution in [0.4, 0.5) is 5.69 Å². The Balaban J connectivity index is 2.43. The number of hydrogen-bond donors (Lipinski definition) is 2. The smallest absolute Gasteiger partial charge is 0.0908 e. The topological polar surface area (TPSA) is 64.1 Å². The maximum atomic E-state index is 9.88. The van der Waals surface area contributed by atoms with Crippen molar-refractivity contribution < 1.29 is 5.11 Å². The van der Waals surface area contributed by atoms with E-state index in [-0.39, 0.29) is 0 Å². The van der Waals surface area contributed by atoms with Gasteiger partial charge < -0.3 is 10.8 Å². The molecule has 0 amide bonds. The second-order valence-corrected chi connectivity index (χ2v) is 4.71. The van der Waals surface area contributed by atoms with Crippen LogP contribution in [0.2, 0.25) is 0 Å². The van der Waals surface area contributed by atoms with Gasteiger partial charge in [-0.25, -0.2) is 0 Å². The van der Waals surface area contributed by atoms with E-state index in [4.69, 9.17) is 5.73 Å². The van der Waals surface area contributed by atoms with Gasteiger partial charge in [0.15, 0.2) is 0 Å². The highest BCUT2D eigenvalue weighted by Crippen LogP contribution is 2.27. The number of aryl methyl sites for hydroxylation is 1. The van der Waals surface area contributed by atoms with Crippen LogP contribution >= 0.6 is 0 Å². The van der Waals surface area contributed by atoms with Gasteiger partial charge in [0.05, 0.1) is 23.2 Å². The minimum Gasteiger partial charge on any atom is -0.396 e. The Morgan fingerprint density at radius 2 is 1.82 bits per heavy atom. The molecule has 2 aromatic rings. The molecular formula is C13H17N3O. The van der Waals surface area contributed by atoms with E-state index in [1.165, 1.54) is 0 Å². The fraction of sp³-hybridized carbons (Fsp3) is 0.308. The number of benzene rings is 1. The van der Waals surface area contributed by atoms with Crippen LogP contribution in [0.25, 0.3) is 11.3 Å². The number of nitrogen functional groups attached to an aromatic ring is 1. The van der Waals surface area contributed by atoms with Gasteiger partial charge in [0, 0.05) is 12.6 Å². The van der Waals surface area contributed by atoms with Crippen LogP contribution < -0.4 is 5.73 Å². The first-order chi connectivity index (χ1) is 7.89. The zero-order valence-electron chi connectivity index (χ0n) is 10.3. The molecule has 2 rings (SSSR count). The highest BCUT2D eigenvalue weighted by atomic mass is 16.3. The van der Waals surface area contributed by atoms with Gasteiger partial charge in [0.1, 0.15) is 0 Å². The zero-order chi connectivity index (χ0) is 12.6. The second kappa shape index (κ2) is 3.89. The Hall–Kier alpha value is -1.81. The molecule has 0 unspecified atom stereocenters. The Labute approximate surface area is 101 Å². The number of aromatic nitrogens is 2. The minimum atomic E-state index is -0.823. The molecule has 0 aliphatic rings. The standard InChI is InChI=1S/C13H17N3O/c1-13(2,17)10-6-4-9(5-7-10)12-11(14)8-15-16(12)3/h4-8,17H,14H2,1-3H3. The van der Waals surface area contributed by atoms with Gasteiger partial charge >= 0.3 is 0 Å². The van der Waals surface area contributed by atoms with Gasteiger partial charge in [-0.05, 0) is 19.4 Å². The van der Waals surface area contributed by atoms with Crippen molar-refractivity contribution in [2.45, 2.75) is 19.4 Å². The number of rotatable bonds is 2. The molecule has 0 fully saturated rings. The Morgan fingerprint density at radius 1 is 1.24 bits per heavy atom. The quantitative estimate of drug-likeness (QED) is 0.829. The van der Waals surface area contributed by atoms with Gasteiger partial charge in [0.2, 0.25) is 0 Å². The summed E-state index contributed by atoms with van der Waals surface area (Å²) < 4.78 is 1.74. The Kier molecular flexibility index (Phi) is 2.67. The maximum absolute atomic E-state index is 9.88. The average Bonchev–Trinajstić information content (AvgIpc) is 2.58. The van der Waals surface area contributed by atoms with Crippen molar-refractivity contribution >= 4 is 5.69 Å². The van der Waals surface area contributed by atoms with E-state index in [2.05, 4.69) is 5.10 Å². The van der Waals surface area contributed by atoms with Gasteiger partial charge in [0.25, 0.3) is 0 Å². The van der Waals surface area contributed by atoms with E-state index in [0.29, 0.717) is 5.69 Å². The number of hydrogen-bond acceptors (Lipinski definition) is 3. The third kappa shape index (κ3) is 2.17. The number of nitrogens with two attached hydrogens (primary N) is 1. The molecule has 3 N–H and O–H groups in total. The third-order valence-electron chi connectivity index (χ3n) is 2.83. The van der Waals surface area contributed by atoms with E-state index in [1.54, 1.807) is 24.7 Å². The Bertz CT molecular complexity index is 501. The average molecular weight is 231 g/mol. The summed E-state index contributed by atoms with van der Waals surface area (Å²) in [6.07, 6.45) is 1.64. The van der Waals surface area contributed by atoms with Crippen LogP contribution in [-0.2, 0) is 12.6 Å².